The molecule has 4 rings (SSSR count). The highest BCUT2D eigenvalue weighted by Gasteiger charge is 2.35. The molecule has 1 heterocycles. The maximum atomic E-state index is 13.2. The normalized spacial score (nSPS) is 17.6. The molecule has 0 bridgehead atoms. The van der Waals surface area contributed by atoms with Gasteiger partial charge in [-0.2, -0.15) is 13.2 Å². The van der Waals surface area contributed by atoms with E-state index in [9.17, 15) is 22.8 Å². The van der Waals surface area contributed by atoms with E-state index in [1.165, 1.54) is 6.07 Å². The number of alkyl halides is 3. The fraction of sp³-hybridized carbons (Fsp3) is 0.310. The molecule has 1 saturated heterocycles. The third-order valence-electron chi connectivity index (χ3n) is 6.66. The number of carbonyl (C=O) groups is 2. The van der Waals surface area contributed by atoms with Gasteiger partial charge in [0.15, 0.2) is 0 Å². The van der Waals surface area contributed by atoms with Crippen molar-refractivity contribution in [2.75, 3.05) is 25.5 Å². The molecule has 9 heteroatoms. The number of urea groups is 1. The molecule has 0 spiro atoms. The summed E-state index contributed by atoms with van der Waals surface area (Å²) in [5.41, 5.74) is 2.26. The van der Waals surface area contributed by atoms with Gasteiger partial charge in [-0.25, -0.2) is 4.79 Å². The van der Waals surface area contributed by atoms with Gasteiger partial charge in [-0.15, -0.1) is 0 Å². The Hall–Kier alpha value is -4.01. The van der Waals surface area contributed by atoms with E-state index in [2.05, 4.69) is 10.6 Å². The lowest BCUT2D eigenvalue weighted by Crippen LogP contribution is -2.49. The van der Waals surface area contributed by atoms with Crippen molar-refractivity contribution in [3.8, 4) is 5.75 Å². The first kappa shape index (κ1) is 27.0. The van der Waals surface area contributed by atoms with E-state index in [1.807, 2.05) is 31.2 Å². The van der Waals surface area contributed by atoms with Crippen molar-refractivity contribution in [2.45, 2.75) is 32.0 Å². The fourth-order valence-corrected chi connectivity index (χ4v) is 4.71. The Morgan fingerprint density at radius 1 is 1.00 bits per heavy atom. The largest absolute Gasteiger partial charge is 0.497 e. The topological polar surface area (TPSA) is 70.7 Å². The minimum absolute atomic E-state index is 0.0373. The van der Waals surface area contributed by atoms with Crippen LogP contribution in [0.4, 0.5) is 23.7 Å². The number of rotatable bonds is 6. The molecule has 0 radical (unpaired) electrons. The van der Waals surface area contributed by atoms with Crippen LogP contribution in [0, 0.1) is 12.8 Å². The number of benzene rings is 3. The number of hydrogen-bond acceptors (Lipinski definition) is 3. The van der Waals surface area contributed by atoms with Crippen LogP contribution in [-0.4, -0.2) is 37.0 Å². The summed E-state index contributed by atoms with van der Waals surface area (Å²) in [6, 6.07) is 19.5. The second-order valence-corrected chi connectivity index (χ2v) is 9.53. The van der Waals surface area contributed by atoms with E-state index in [0.29, 0.717) is 30.0 Å². The van der Waals surface area contributed by atoms with Crippen molar-refractivity contribution < 1.29 is 27.5 Å². The molecule has 6 nitrogen and oxygen atoms in total. The minimum atomic E-state index is -4.46. The minimum Gasteiger partial charge on any atom is -0.497 e. The molecule has 3 aromatic carbocycles. The Labute approximate surface area is 219 Å². The number of aryl methyl sites for hydroxylation is 1. The van der Waals surface area contributed by atoms with Gasteiger partial charge in [0.25, 0.3) is 0 Å². The van der Waals surface area contributed by atoms with Crippen molar-refractivity contribution in [1.29, 1.82) is 0 Å². The Kier molecular flexibility index (Phi) is 8.24. The van der Waals surface area contributed by atoms with Crippen LogP contribution in [0.15, 0.2) is 72.8 Å². The zero-order chi connectivity index (χ0) is 27.3. The molecule has 1 aliphatic heterocycles. The van der Waals surface area contributed by atoms with Crippen LogP contribution >= 0.6 is 0 Å². The molecule has 0 aromatic heterocycles. The van der Waals surface area contributed by atoms with Gasteiger partial charge < -0.3 is 20.3 Å². The number of nitrogens with one attached hydrogen (secondary N) is 2. The Morgan fingerprint density at radius 2 is 1.76 bits per heavy atom. The van der Waals surface area contributed by atoms with Gasteiger partial charge in [0.2, 0.25) is 5.91 Å². The number of piperidine rings is 1. The predicted molar refractivity (Wildman–Crippen MR) is 139 cm³/mol. The molecular formula is C29H30F3N3O3. The summed E-state index contributed by atoms with van der Waals surface area (Å²) >= 11 is 0. The summed E-state index contributed by atoms with van der Waals surface area (Å²) in [5.74, 6) is -0.315. The smallest absolute Gasteiger partial charge is 0.416 e. The lowest BCUT2D eigenvalue weighted by atomic mass is 9.83. The van der Waals surface area contributed by atoms with Gasteiger partial charge in [-0.3, -0.25) is 4.79 Å². The summed E-state index contributed by atoms with van der Waals surface area (Å²) in [7, 11) is 1.54. The van der Waals surface area contributed by atoms with Gasteiger partial charge >= 0.3 is 12.2 Å². The standard InChI is InChI=1S/C29H30F3N3O3/c1-19-6-3-8-21(12-19)22-14-23(27(36)33-16-20-7-4-9-24(13-20)29(30,31)32)18-35(17-22)28(37)34-25-10-5-11-26(15-25)38-2/h3-13,15,22-23H,14,16-18H2,1-2H3,(H,33,36)(H,34,37). The maximum absolute atomic E-state index is 13.2. The first-order chi connectivity index (χ1) is 18.1. The third-order valence-corrected chi connectivity index (χ3v) is 6.66. The predicted octanol–water partition coefficient (Wildman–Crippen LogP) is 5.98. The summed E-state index contributed by atoms with van der Waals surface area (Å²) < 4.78 is 44.4. The molecule has 38 heavy (non-hydrogen) atoms. The van der Waals surface area contributed by atoms with Crippen LogP contribution in [0.5, 0.6) is 5.75 Å². The molecular weight excluding hydrogens is 495 g/mol. The second kappa shape index (κ2) is 11.6. The molecule has 1 aliphatic rings. The van der Waals surface area contributed by atoms with E-state index in [4.69, 9.17) is 4.74 Å². The molecule has 3 aromatic rings. The molecule has 0 aliphatic carbocycles. The Balaban J connectivity index is 1.50. The quantitative estimate of drug-likeness (QED) is 0.416. The lowest BCUT2D eigenvalue weighted by molar-refractivity contribution is -0.137. The Bertz CT molecular complexity index is 1300. The summed E-state index contributed by atoms with van der Waals surface area (Å²) in [5, 5.41) is 5.65. The highest BCUT2D eigenvalue weighted by atomic mass is 19.4. The first-order valence-corrected chi connectivity index (χ1v) is 12.3. The number of anilines is 1. The first-order valence-electron chi connectivity index (χ1n) is 12.3. The van der Waals surface area contributed by atoms with Gasteiger partial charge in [-0.05, 0) is 48.7 Å². The van der Waals surface area contributed by atoms with E-state index in [-0.39, 0.29) is 30.9 Å². The van der Waals surface area contributed by atoms with Crippen molar-refractivity contribution in [3.05, 3.63) is 95.1 Å². The summed E-state index contributed by atoms with van der Waals surface area (Å²) in [6.45, 7) is 2.56. The molecule has 2 unspecified atom stereocenters. The van der Waals surface area contributed by atoms with E-state index < -0.39 is 17.7 Å². The monoisotopic (exact) mass is 525 g/mol. The van der Waals surface area contributed by atoms with E-state index in [1.54, 1.807) is 42.3 Å². The second-order valence-electron chi connectivity index (χ2n) is 9.53. The molecule has 1 fully saturated rings. The van der Waals surface area contributed by atoms with Crippen LogP contribution in [-0.2, 0) is 17.5 Å². The maximum Gasteiger partial charge on any atom is 0.416 e. The van der Waals surface area contributed by atoms with Crippen molar-refractivity contribution in [2.24, 2.45) is 5.92 Å². The Morgan fingerprint density at radius 3 is 2.50 bits per heavy atom. The average Bonchev–Trinajstić information content (AvgIpc) is 2.91. The van der Waals surface area contributed by atoms with E-state index in [0.717, 1.165) is 23.3 Å². The zero-order valence-electron chi connectivity index (χ0n) is 21.2. The number of amides is 3. The van der Waals surface area contributed by atoms with Gasteiger partial charge in [0.1, 0.15) is 5.75 Å². The number of likely N-dealkylation sites (tertiary alicyclic amines) is 1. The van der Waals surface area contributed by atoms with Crippen LogP contribution in [0.3, 0.4) is 0 Å². The molecule has 3 amide bonds. The highest BCUT2D eigenvalue weighted by molar-refractivity contribution is 5.90. The number of halogens is 3. The third kappa shape index (κ3) is 6.85. The number of hydrogen-bond donors (Lipinski definition) is 2. The molecule has 2 N–H and O–H groups in total. The van der Waals surface area contributed by atoms with Crippen LogP contribution < -0.4 is 15.4 Å². The lowest BCUT2D eigenvalue weighted by Gasteiger charge is -2.37. The highest BCUT2D eigenvalue weighted by Crippen LogP contribution is 2.32. The number of carbonyl (C=O) groups excluding carboxylic acids is 2. The van der Waals surface area contributed by atoms with Crippen molar-refractivity contribution in [3.63, 3.8) is 0 Å². The zero-order valence-corrected chi connectivity index (χ0v) is 21.2. The molecule has 2 atom stereocenters. The molecule has 200 valence electrons. The van der Waals surface area contributed by atoms with Gasteiger partial charge in [-0.1, -0.05) is 48.0 Å². The summed E-state index contributed by atoms with van der Waals surface area (Å²) in [4.78, 5) is 28.0. The average molecular weight is 526 g/mol. The van der Waals surface area contributed by atoms with Gasteiger partial charge in [0.05, 0.1) is 18.6 Å². The van der Waals surface area contributed by atoms with Crippen molar-refractivity contribution >= 4 is 17.6 Å². The van der Waals surface area contributed by atoms with Crippen LogP contribution in [0.1, 0.15) is 34.6 Å². The fourth-order valence-electron chi connectivity index (χ4n) is 4.71. The van der Waals surface area contributed by atoms with E-state index >= 15 is 0 Å². The summed E-state index contributed by atoms with van der Waals surface area (Å²) in [6.07, 6.45) is -3.94. The number of methoxy groups -OCH3 is 1. The number of ether oxygens (including phenoxy) is 1. The van der Waals surface area contributed by atoms with Crippen LogP contribution in [0.25, 0.3) is 0 Å². The SMILES string of the molecule is COc1cccc(NC(=O)N2CC(C(=O)NCc3cccc(C(F)(F)F)c3)CC(c3cccc(C)c3)C2)c1. The van der Waals surface area contributed by atoms with Gasteiger partial charge in [0, 0.05) is 37.3 Å². The van der Waals surface area contributed by atoms with Crippen LogP contribution in [0.2, 0.25) is 0 Å². The van der Waals surface area contributed by atoms with Crippen molar-refractivity contribution in [1.82, 2.24) is 10.2 Å². The number of nitrogens with zero attached hydrogens (tertiary/aromatic N) is 1. The molecule has 0 saturated carbocycles.